The summed E-state index contributed by atoms with van der Waals surface area (Å²) in [5, 5.41) is 7.09. The van der Waals surface area contributed by atoms with Gasteiger partial charge in [-0.1, -0.05) is 0 Å². The lowest BCUT2D eigenvalue weighted by atomic mass is 10.3. The monoisotopic (exact) mass is 341 g/mol. The topological polar surface area (TPSA) is 85.4 Å². The summed E-state index contributed by atoms with van der Waals surface area (Å²) < 4.78 is 12.7. The minimum Gasteiger partial charge on any atom is -0.449 e. The Kier molecular flexibility index (Phi) is 4.45. The maximum absolute atomic E-state index is 12.3. The number of hydrogen-bond acceptors (Lipinski definition) is 6. The molecule has 3 aromatic heterocycles. The van der Waals surface area contributed by atoms with Crippen LogP contribution in [0, 0.1) is 0 Å². The van der Waals surface area contributed by atoms with E-state index in [1.165, 1.54) is 0 Å². The maximum atomic E-state index is 12.3. The molecule has 1 aliphatic heterocycles. The minimum atomic E-state index is -0.314. The second-order valence-corrected chi connectivity index (χ2v) is 5.90. The van der Waals surface area contributed by atoms with Gasteiger partial charge in [0.25, 0.3) is 5.91 Å². The summed E-state index contributed by atoms with van der Waals surface area (Å²) in [6, 6.07) is 5.18. The molecule has 130 valence electrons. The number of carbonyl (C=O) groups is 1. The molecule has 0 bridgehead atoms. The molecular formula is C17H19N5O3. The molecule has 0 radical (unpaired) electrons. The molecule has 0 aliphatic carbocycles. The number of nitrogens with one attached hydrogen (secondary N) is 1. The Morgan fingerprint density at radius 3 is 3.00 bits per heavy atom. The first-order chi connectivity index (χ1) is 12.3. The van der Waals surface area contributed by atoms with Crippen molar-refractivity contribution in [2.24, 2.45) is 0 Å². The third kappa shape index (κ3) is 3.70. The van der Waals surface area contributed by atoms with Crippen LogP contribution < -0.4 is 5.32 Å². The van der Waals surface area contributed by atoms with Crippen molar-refractivity contribution in [1.29, 1.82) is 0 Å². The Morgan fingerprint density at radius 2 is 2.16 bits per heavy atom. The van der Waals surface area contributed by atoms with Crippen LogP contribution in [0.1, 0.15) is 10.6 Å². The fourth-order valence-electron chi connectivity index (χ4n) is 2.79. The van der Waals surface area contributed by atoms with E-state index in [1.54, 1.807) is 30.6 Å². The van der Waals surface area contributed by atoms with Crippen LogP contribution in [-0.2, 0) is 11.3 Å². The zero-order valence-electron chi connectivity index (χ0n) is 13.7. The first-order valence-corrected chi connectivity index (χ1v) is 8.26. The fourth-order valence-corrected chi connectivity index (χ4v) is 2.79. The first-order valence-electron chi connectivity index (χ1n) is 8.26. The van der Waals surface area contributed by atoms with Gasteiger partial charge in [-0.15, -0.1) is 0 Å². The number of fused-ring (bicyclic) bond motifs is 1. The zero-order valence-corrected chi connectivity index (χ0v) is 13.7. The number of morpholine rings is 1. The van der Waals surface area contributed by atoms with Gasteiger partial charge in [-0.05, 0) is 12.1 Å². The lowest BCUT2D eigenvalue weighted by Gasteiger charge is -2.26. The molecule has 8 nitrogen and oxygen atoms in total. The summed E-state index contributed by atoms with van der Waals surface area (Å²) in [5.41, 5.74) is 1.89. The van der Waals surface area contributed by atoms with E-state index in [1.807, 2.05) is 10.9 Å². The van der Waals surface area contributed by atoms with Gasteiger partial charge >= 0.3 is 0 Å². The number of nitrogens with zero attached hydrogens (tertiary/aromatic N) is 4. The Morgan fingerprint density at radius 1 is 1.28 bits per heavy atom. The van der Waals surface area contributed by atoms with Crippen molar-refractivity contribution in [1.82, 2.24) is 19.7 Å². The van der Waals surface area contributed by atoms with E-state index in [0.717, 1.165) is 39.4 Å². The van der Waals surface area contributed by atoms with E-state index in [-0.39, 0.29) is 11.7 Å². The Balaban J connectivity index is 1.36. The highest BCUT2D eigenvalue weighted by Crippen LogP contribution is 2.18. The highest BCUT2D eigenvalue weighted by molar-refractivity contribution is 6.04. The van der Waals surface area contributed by atoms with Gasteiger partial charge in [0, 0.05) is 38.1 Å². The number of ether oxygens (including phenoxy) is 1. The Labute approximate surface area is 144 Å². The van der Waals surface area contributed by atoms with Gasteiger partial charge in [0.05, 0.1) is 31.6 Å². The van der Waals surface area contributed by atoms with Crippen molar-refractivity contribution >= 4 is 22.7 Å². The fraction of sp³-hybridized carbons (Fsp3) is 0.353. The first kappa shape index (κ1) is 15.8. The molecule has 0 saturated carbocycles. The molecule has 4 heterocycles. The number of aromatic nitrogens is 3. The zero-order chi connectivity index (χ0) is 17.1. The molecule has 4 rings (SSSR count). The smallest absolute Gasteiger partial charge is 0.291 e. The van der Waals surface area contributed by atoms with Crippen molar-refractivity contribution in [3.05, 3.63) is 42.5 Å². The van der Waals surface area contributed by atoms with E-state index >= 15 is 0 Å². The summed E-state index contributed by atoms with van der Waals surface area (Å²) in [6.07, 6.45) is 5.12. The molecule has 0 spiro atoms. The second-order valence-electron chi connectivity index (χ2n) is 5.90. The predicted molar refractivity (Wildman–Crippen MR) is 91.4 cm³/mol. The molecular weight excluding hydrogens is 322 g/mol. The average molecular weight is 341 g/mol. The Bertz CT molecular complexity index is 833. The van der Waals surface area contributed by atoms with Crippen LogP contribution in [0.3, 0.4) is 0 Å². The van der Waals surface area contributed by atoms with Crippen LogP contribution in [0.4, 0.5) is 5.69 Å². The maximum Gasteiger partial charge on any atom is 0.291 e. The molecule has 0 atom stereocenters. The number of hydrogen-bond donors (Lipinski definition) is 1. The van der Waals surface area contributed by atoms with E-state index in [9.17, 15) is 4.79 Å². The van der Waals surface area contributed by atoms with Crippen molar-refractivity contribution < 1.29 is 13.9 Å². The number of furan rings is 1. The SMILES string of the molecule is O=C(Nc1cnn(CCN2CCOCC2)c1)c1cc2ncccc2o1. The van der Waals surface area contributed by atoms with Crippen LogP contribution in [0.5, 0.6) is 0 Å². The quantitative estimate of drug-likeness (QED) is 0.759. The number of amides is 1. The third-order valence-corrected chi connectivity index (χ3v) is 4.15. The number of rotatable bonds is 5. The van der Waals surface area contributed by atoms with Crippen LogP contribution in [0.2, 0.25) is 0 Å². The van der Waals surface area contributed by atoms with Crippen LogP contribution >= 0.6 is 0 Å². The van der Waals surface area contributed by atoms with Gasteiger partial charge in [0.15, 0.2) is 11.3 Å². The molecule has 8 heteroatoms. The van der Waals surface area contributed by atoms with E-state index < -0.39 is 0 Å². The standard InChI is InChI=1S/C17H19N5O3/c23-17(16-10-14-15(25-16)2-1-3-18-14)20-13-11-19-22(12-13)5-4-21-6-8-24-9-7-21/h1-3,10-12H,4-9H2,(H,20,23). The molecule has 0 aromatic carbocycles. The van der Waals surface area contributed by atoms with Crippen LogP contribution in [-0.4, -0.2) is 58.4 Å². The Hall–Kier alpha value is -2.71. The van der Waals surface area contributed by atoms with Gasteiger partial charge in [0.2, 0.25) is 0 Å². The van der Waals surface area contributed by atoms with Gasteiger partial charge in [-0.25, -0.2) is 0 Å². The molecule has 0 unspecified atom stereocenters. The van der Waals surface area contributed by atoms with E-state index in [4.69, 9.17) is 9.15 Å². The molecule has 1 saturated heterocycles. The van der Waals surface area contributed by atoms with Gasteiger partial charge in [-0.2, -0.15) is 5.10 Å². The summed E-state index contributed by atoms with van der Waals surface area (Å²) in [7, 11) is 0. The lowest BCUT2D eigenvalue weighted by Crippen LogP contribution is -2.38. The van der Waals surface area contributed by atoms with Crippen molar-refractivity contribution in [3.8, 4) is 0 Å². The summed E-state index contributed by atoms with van der Waals surface area (Å²) in [5.74, 6) is -0.0829. The normalized spacial score (nSPS) is 15.5. The van der Waals surface area contributed by atoms with Crippen LogP contribution in [0.15, 0.2) is 41.2 Å². The van der Waals surface area contributed by atoms with Crippen molar-refractivity contribution in [2.45, 2.75) is 6.54 Å². The second kappa shape index (κ2) is 7.04. The summed E-state index contributed by atoms with van der Waals surface area (Å²) in [6.45, 7) is 5.15. The molecule has 1 N–H and O–H groups in total. The van der Waals surface area contributed by atoms with Crippen molar-refractivity contribution in [3.63, 3.8) is 0 Å². The largest absolute Gasteiger partial charge is 0.449 e. The van der Waals surface area contributed by atoms with Gasteiger partial charge < -0.3 is 14.5 Å². The van der Waals surface area contributed by atoms with Crippen molar-refractivity contribution in [2.75, 3.05) is 38.2 Å². The third-order valence-electron chi connectivity index (χ3n) is 4.15. The number of pyridine rings is 1. The highest BCUT2D eigenvalue weighted by Gasteiger charge is 2.14. The number of carbonyl (C=O) groups excluding carboxylic acids is 1. The van der Waals surface area contributed by atoms with E-state index in [0.29, 0.717) is 16.8 Å². The number of anilines is 1. The highest BCUT2D eigenvalue weighted by atomic mass is 16.5. The lowest BCUT2D eigenvalue weighted by molar-refractivity contribution is 0.0360. The summed E-state index contributed by atoms with van der Waals surface area (Å²) in [4.78, 5) is 18.8. The summed E-state index contributed by atoms with van der Waals surface area (Å²) >= 11 is 0. The molecule has 25 heavy (non-hydrogen) atoms. The molecule has 1 fully saturated rings. The molecule has 1 amide bonds. The minimum absolute atomic E-state index is 0.231. The van der Waals surface area contributed by atoms with Gasteiger partial charge in [0.1, 0.15) is 5.52 Å². The molecule has 3 aromatic rings. The van der Waals surface area contributed by atoms with Gasteiger partial charge in [-0.3, -0.25) is 19.4 Å². The average Bonchev–Trinajstić information content (AvgIpc) is 3.27. The molecule has 1 aliphatic rings. The van der Waals surface area contributed by atoms with Crippen LogP contribution in [0.25, 0.3) is 11.1 Å². The van der Waals surface area contributed by atoms with E-state index in [2.05, 4.69) is 20.3 Å². The predicted octanol–water partition coefficient (Wildman–Crippen LogP) is 1.61.